The molecule has 0 heterocycles. The van der Waals surface area contributed by atoms with E-state index in [9.17, 15) is 8.42 Å². The molecule has 0 aromatic heterocycles. The van der Waals surface area contributed by atoms with Crippen LogP contribution in [-0.2, 0) is 10.0 Å². The fourth-order valence-corrected chi connectivity index (χ4v) is 3.77. The van der Waals surface area contributed by atoms with Crippen LogP contribution in [0.1, 0.15) is 47.0 Å². The van der Waals surface area contributed by atoms with Gasteiger partial charge in [0.2, 0.25) is 10.0 Å². The summed E-state index contributed by atoms with van der Waals surface area (Å²) in [6, 6.07) is 0.124. The molecule has 1 fully saturated rings. The van der Waals surface area contributed by atoms with Crippen molar-refractivity contribution in [2.45, 2.75) is 58.2 Å². The van der Waals surface area contributed by atoms with Gasteiger partial charge in [0.15, 0.2) is 0 Å². The molecule has 4 atom stereocenters. The Balaban J connectivity index is 2.48. The molecule has 0 bridgehead atoms. The molecule has 0 aromatic rings. The fourth-order valence-electron chi connectivity index (χ4n) is 2.45. The molecule has 1 rings (SSSR count). The van der Waals surface area contributed by atoms with Gasteiger partial charge in [0, 0.05) is 12.6 Å². The van der Waals surface area contributed by atoms with Crippen LogP contribution in [0.15, 0.2) is 0 Å². The first-order valence-corrected chi connectivity index (χ1v) is 8.65. The molecule has 0 spiro atoms. The molecule has 5 heteroatoms. The third-order valence-electron chi connectivity index (χ3n) is 4.17. The number of rotatable bonds is 7. The van der Waals surface area contributed by atoms with E-state index in [2.05, 4.69) is 30.8 Å². The Morgan fingerprint density at radius 1 is 1.28 bits per heavy atom. The molecular formula is C13H28N2O2S. The molecule has 4 unspecified atom stereocenters. The first-order chi connectivity index (χ1) is 8.38. The van der Waals surface area contributed by atoms with E-state index in [1.807, 2.05) is 0 Å². The molecule has 2 N–H and O–H groups in total. The maximum absolute atomic E-state index is 12.2. The van der Waals surface area contributed by atoms with Crippen LogP contribution in [0.3, 0.4) is 0 Å². The molecule has 1 saturated carbocycles. The molecule has 108 valence electrons. The summed E-state index contributed by atoms with van der Waals surface area (Å²) in [5, 5.41) is 2.80. The van der Waals surface area contributed by atoms with Gasteiger partial charge in [-0.15, -0.1) is 0 Å². The van der Waals surface area contributed by atoms with Crippen LogP contribution in [0.2, 0.25) is 0 Å². The Hall–Kier alpha value is -0.130. The molecule has 0 amide bonds. The van der Waals surface area contributed by atoms with E-state index in [0.717, 1.165) is 25.8 Å². The van der Waals surface area contributed by atoms with E-state index in [-0.39, 0.29) is 11.3 Å². The van der Waals surface area contributed by atoms with Gasteiger partial charge >= 0.3 is 0 Å². The van der Waals surface area contributed by atoms with Crippen molar-refractivity contribution in [3.8, 4) is 0 Å². The van der Waals surface area contributed by atoms with E-state index in [1.165, 1.54) is 0 Å². The Bertz CT molecular complexity index is 343. The molecule has 0 saturated heterocycles. The van der Waals surface area contributed by atoms with Crippen molar-refractivity contribution in [1.29, 1.82) is 0 Å². The monoisotopic (exact) mass is 276 g/mol. The quantitative estimate of drug-likeness (QED) is 0.696. The van der Waals surface area contributed by atoms with Crippen molar-refractivity contribution in [2.75, 3.05) is 13.1 Å². The van der Waals surface area contributed by atoms with E-state index >= 15 is 0 Å². The maximum atomic E-state index is 12.2. The van der Waals surface area contributed by atoms with Crippen LogP contribution in [-0.4, -0.2) is 32.8 Å². The van der Waals surface area contributed by atoms with Crippen LogP contribution in [0, 0.1) is 11.8 Å². The average Bonchev–Trinajstić information content (AvgIpc) is 2.61. The van der Waals surface area contributed by atoms with Gasteiger partial charge in [-0.3, -0.25) is 0 Å². The highest BCUT2D eigenvalue weighted by Crippen LogP contribution is 2.31. The zero-order chi connectivity index (χ0) is 13.8. The summed E-state index contributed by atoms with van der Waals surface area (Å²) in [4.78, 5) is 0. The third-order valence-corrected chi connectivity index (χ3v) is 6.03. The Morgan fingerprint density at radius 3 is 2.44 bits per heavy atom. The van der Waals surface area contributed by atoms with Gasteiger partial charge in [-0.05, 0) is 44.6 Å². The smallest absolute Gasteiger partial charge is 0.215 e. The van der Waals surface area contributed by atoms with Gasteiger partial charge in [0.25, 0.3) is 0 Å². The van der Waals surface area contributed by atoms with Crippen LogP contribution >= 0.6 is 0 Å². The topological polar surface area (TPSA) is 58.2 Å². The summed E-state index contributed by atoms with van der Waals surface area (Å²) in [5.74, 6) is 1.06. The number of hydrogen-bond donors (Lipinski definition) is 2. The minimum absolute atomic E-state index is 0.124. The summed E-state index contributed by atoms with van der Waals surface area (Å²) in [6.07, 6.45) is 3.12. The van der Waals surface area contributed by atoms with Crippen molar-refractivity contribution in [2.24, 2.45) is 11.8 Å². The first-order valence-electron chi connectivity index (χ1n) is 7.10. The summed E-state index contributed by atoms with van der Waals surface area (Å²) in [7, 11) is -3.19. The second-order valence-electron chi connectivity index (χ2n) is 5.70. The Morgan fingerprint density at radius 2 is 1.94 bits per heavy atom. The van der Waals surface area contributed by atoms with Crippen LogP contribution in [0.4, 0.5) is 0 Å². The van der Waals surface area contributed by atoms with Gasteiger partial charge < -0.3 is 5.32 Å². The summed E-state index contributed by atoms with van der Waals surface area (Å²) in [5.41, 5.74) is 0. The normalized spacial score (nSPS) is 30.6. The van der Waals surface area contributed by atoms with Crippen molar-refractivity contribution in [3.05, 3.63) is 0 Å². The van der Waals surface area contributed by atoms with E-state index in [4.69, 9.17) is 0 Å². The van der Waals surface area contributed by atoms with Crippen LogP contribution in [0.5, 0.6) is 0 Å². The van der Waals surface area contributed by atoms with E-state index in [1.54, 1.807) is 6.92 Å². The lowest BCUT2D eigenvalue weighted by molar-refractivity contribution is 0.400. The van der Waals surface area contributed by atoms with Crippen molar-refractivity contribution >= 4 is 10.0 Å². The van der Waals surface area contributed by atoms with Gasteiger partial charge in [-0.2, -0.15) is 0 Å². The van der Waals surface area contributed by atoms with Crippen molar-refractivity contribution in [3.63, 3.8) is 0 Å². The molecule has 1 aliphatic rings. The van der Waals surface area contributed by atoms with Gasteiger partial charge in [-0.1, -0.05) is 20.8 Å². The van der Waals surface area contributed by atoms with Crippen molar-refractivity contribution in [1.82, 2.24) is 10.0 Å². The van der Waals surface area contributed by atoms with Gasteiger partial charge in [0.05, 0.1) is 5.25 Å². The van der Waals surface area contributed by atoms with Crippen LogP contribution in [0.25, 0.3) is 0 Å². The summed E-state index contributed by atoms with van der Waals surface area (Å²) >= 11 is 0. The van der Waals surface area contributed by atoms with Gasteiger partial charge in [0.1, 0.15) is 0 Å². The number of hydrogen-bond acceptors (Lipinski definition) is 3. The predicted octanol–water partition coefficient (Wildman–Crippen LogP) is 1.73. The first kappa shape index (κ1) is 15.9. The standard InChI is InChI=1S/C13H28N2O2S/c1-5-8-14-9-11(3)18(16,17)15-13-7-6-10(2)12(13)4/h10-15H,5-9H2,1-4H3. The highest BCUT2D eigenvalue weighted by Gasteiger charge is 2.34. The van der Waals surface area contributed by atoms with Crippen LogP contribution < -0.4 is 10.0 Å². The zero-order valence-electron chi connectivity index (χ0n) is 12.1. The highest BCUT2D eigenvalue weighted by molar-refractivity contribution is 7.90. The lowest BCUT2D eigenvalue weighted by Crippen LogP contribution is -2.45. The molecule has 4 nitrogen and oxygen atoms in total. The molecule has 0 radical (unpaired) electrons. The second kappa shape index (κ2) is 6.87. The summed E-state index contributed by atoms with van der Waals surface area (Å²) < 4.78 is 27.3. The molecule has 0 aliphatic heterocycles. The lowest BCUT2D eigenvalue weighted by Gasteiger charge is -2.22. The molecular weight excluding hydrogens is 248 g/mol. The Labute approximate surface area is 112 Å². The largest absolute Gasteiger partial charge is 0.315 e. The molecule has 1 aliphatic carbocycles. The zero-order valence-corrected chi connectivity index (χ0v) is 12.9. The van der Waals surface area contributed by atoms with E-state index in [0.29, 0.717) is 18.4 Å². The fraction of sp³-hybridized carbons (Fsp3) is 1.00. The predicted molar refractivity (Wildman–Crippen MR) is 76.0 cm³/mol. The van der Waals surface area contributed by atoms with E-state index < -0.39 is 10.0 Å². The number of nitrogens with one attached hydrogen (secondary N) is 2. The third kappa shape index (κ3) is 4.21. The van der Waals surface area contributed by atoms with Crippen molar-refractivity contribution < 1.29 is 8.42 Å². The number of sulfonamides is 1. The SMILES string of the molecule is CCCNCC(C)S(=O)(=O)NC1CCC(C)C1C. The second-order valence-corrected chi connectivity index (χ2v) is 7.83. The lowest BCUT2D eigenvalue weighted by atomic mass is 9.98. The van der Waals surface area contributed by atoms with Gasteiger partial charge in [-0.25, -0.2) is 13.1 Å². The average molecular weight is 276 g/mol. The summed E-state index contributed by atoms with van der Waals surface area (Å²) in [6.45, 7) is 9.59. The minimum atomic E-state index is -3.19. The maximum Gasteiger partial charge on any atom is 0.215 e. The molecule has 18 heavy (non-hydrogen) atoms. The minimum Gasteiger partial charge on any atom is -0.315 e. The Kier molecular flexibility index (Phi) is 6.08. The molecule has 0 aromatic carbocycles. The highest BCUT2D eigenvalue weighted by atomic mass is 32.2.